The van der Waals surface area contributed by atoms with Crippen molar-refractivity contribution in [2.45, 2.75) is 273 Å². The summed E-state index contributed by atoms with van der Waals surface area (Å²) in [5.41, 5.74) is 0.500. The van der Waals surface area contributed by atoms with Gasteiger partial charge in [-0.05, 0) is 44.7 Å². The van der Waals surface area contributed by atoms with Crippen LogP contribution < -0.4 is 0 Å². The van der Waals surface area contributed by atoms with Crippen molar-refractivity contribution >= 4 is 24.7 Å². The third-order valence-corrected chi connectivity index (χ3v) is 12.8. The van der Waals surface area contributed by atoms with Gasteiger partial charge in [0.2, 0.25) is 0 Å². The number of benzene rings is 11. The second-order valence-electron chi connectivity index (χ2n) is 23.4. The lowest BCUT2D eigenvalue weighted by Crippen LogP contribution is -2.39. The summed E-state index contributed by atoms with van der Waals surface area (Å²) in [6.07, 6.45) is 0. The van der Waals surface area contributed by atoms with E-state index in [9.17, 15) is 0 Å². The molecule has 0 saturated carbocycles. The van der Waals surface area contributed by atoms with Gasteiger partial charge < -0.3 is 8.85 Å². The maximum Gasteiger partial charge on any atom is 0.170 e. The van der Waals surface area contributed by atoms with Crippen molar-refractivity contribution in [1.29, 1.82) is 0 Å². The van der Waals surface area contributed by atoms with Gasteiger partial charge in [-0.2, -0.15) is 0 Å². The van der Waals surface area contributed by atoms with Crippen molar-refractivity contribution < 1.29 is 8.85 Å². The highest BCUT2D eigenvalue weighted by Gasteiger charge is 2.24. The Labute approximate surface area is 721 Å². The Morgan fingerprint density at radius 3 is 0.167 bits per heavy atom. The van der Waals surface area contributed by atoms with Gasteiger partial charge in [0, 0.05) is 22.3 Å². The molecule has 0 aliphatic heterocycles. The number of ether oxygens (including phenoxy) is 1. The van der Waals surface area contributed by atoms with Crippen molar-refractivity contribution in [1.82, 2.24) is 0 Å². The first kappa shape index (κ1) is 148. The van der Waals surface area contributed by atoms with Gasteiger partial charge in [0.05, 0.1) is 0 Å². The zero-order valence-electron chi connectivity index (χ0n) is 82.9. The Hall–Kier alpha value is -8.01. The third-order valence-electron chi connectivity index (χ3n) is 7.95. The maximum atomic E-state index is 5.90. The smallest absolute Gasteiger partial charge is 0.170 e. The van der Waals surface area contributed by atoms with Crippen molar-refractivity contribution in [2.24, 2.45) is 5.41 Å². The van der Waals surface area contributed by atoms with Gasteiger partial charge in [0.25, 0.3) is 0 Å². The predicted molar refractivity (Wildman–Crippen MR) is 553 cm³/mol. The fourth-order valence-electron chi connectivity index (χ4n) is 5.15. The summed E-state index contributed by atoms with van der Waals surface area (Å²) in [4.78, 5) is 0. The minimum absolute atomic E-state index is 0.500. The van der Waals surface area contributed by atoms with Crippen LogP contribution in [0.3, 0.4) is 0 Å². The lowest BCUT2D eigenvalue weighted by Gasteiger charge is -2.27. The molecule has 0 bridgehead atoms. The zero-order chi connectivity index (χ0) is 92.1. The number of hydrogen-bond donors (Lipinski definition) is 0. The Kier molecular flexibility index (Phi) is 208. The van der Waals surface area contributed by atoms with Crippen molar-refractivity contribution in [3.05, 3.63) is 400 Å². The molecule has 0 saturated heterocycles. The molecule has 0 radical (unpaired) electrons. The molecular weight excluding hydrogens is 1430 g/mol. The largest absolute Gasteiger partial charge is 0.456 e. The Morgan fingerprint density at radius 1 is 0.132 bits per heavy atom. The van der Waals surface area contributed by atoms with Crippen LogP contribution in [-0.2, 0) is 8.85 Å². The van der Waals surface area contributed by atoms with Gasteiger partial charge in [0.1, 0.15) is 0 Å². The van der Waals surface area contributed by atoms with E-state index in [-0.39, 0.29) is 0 Å². The topological polar surface area (TPSA) is 18.5 Å². The van der Waals surface area contributed by atoms with Crippen molar-refractivity contribution in [3.63, 3.8) is 0 Å². The van der Waals surface area contributed by atoms with Crippen molar-refractivity contribution in [3.8, 4) is 0 Å². The summed E-state index contributed by atoms with van der Waals surface area (Å²) in [6, 6.07) is 132. The number of rotatable bonds is 2. The summed E-state index contributed by atoms with van der Waals surface area (Å²) in [5, 5.41) is 0. The van der Waals surface area contributed by atoms with Gasteiger partial charge in [-0.3, -0.25) is 0 Å². The van der Waals surface area contributed by atoms with Crippen LogP contribution in [-0.4, -0.2) is 38.9 Å². The maximum absolute atomic E-state index is 5.90. The molecule has 114 heavy (non-hydrogen) atoms. The standard InChI is InChI=1S/C6H18OSi2.11C6H6.C5H12.C4H12Si.C2H6O.13C2H6/c1-8(2,3)7-9(4,5)6;11*1-2-4-6-5-3-1;2*1-5(2,3)4;1-3-2;13*1-2/h1-6H3;11*1-6H;2*1-4H3;1-2H3;13*1-2H3. The molecule has 0 atom stereocenters. The average molecular weight is 1620 g/mol. The fourth-order valence-corrected chi connectivity index (χ4v) is 12.5. The highest BCUT2D eigenvalue weighted by atomic mass is 28.4. The monoisotopic (exact) mass is 1620 g/mol. The van der Waals surface area contributed by atoms with Crippen LogP contribution in [0.15, 0.2) is 400 Å². The minimum atomic E-state index is -1.23. The van der Waals surface area contributed by atoms with E-state index >= 15 is 0 Å². The van der Waals surface area contributed by atoms with Gasteiger partial charge in [-0.1, -0.05) is 634 Å². The molecule has 652 valence electrons. The van der Waals surface area contributed by atoms with Crippen LogP contribution in [0.1, 0.15) is 208 Å². The van der Waals surface area contributed by atoms with E-state index in [1.54, 1.807) is 14.2 Å². The molecule has 0 unspecified atom stereocenters. The van der Waals surface area contributed by atoms with Crippen LogP contribution in [0.5, 0.6) is 0 Å². The molecule has 11 aromatic rings. The first-order valence-corrected chi connectivity index (χ1v) is 54.0. The highest BCUT2D eigenvalue weighted by molar-refractivity contribution is 6.83. The van der Waals surface area contributed by atoms with Crippen LogP contribution in [0.4, 0.5) is 0 Å². The van der Waals surface area contributed by atoms with E-state index < -0.39 is 24.7 Å². The van der Waals surface area contributed by atoms with Gasteiger partial charge in [-0.25, -0.2) is 0 Å². The van der Waals surface area contributed by atoms with Crippen LogP contribution in [0.2, 0.25) is 65.5 Å². The second kappa shape index (κ2) is 161. The first-order valence-electron chi connectivity index (χ1n) is 43.2. The molecule has 11 aromatic carbocycles. The molecule has 0 spiro atoms. The molecule has 0 aliphatic rings. The number of hydrogen-bond acceptors (Lipinski definition) is 2. The van der Waals surface area contributed by atoms with Gasteiger partial charge in [0.15, 0.2) is 16.6 Å². The Balaban J connectivity index is -0.0000000579. The lowest BCUT2D eigenvalue weighted by molar-refractivity contribution is 0.277. The quantitative estimate of drug-likeness (QED) is 0.161. The van der Waals surface area contributed by atoms with Crippen LogP contribution >= 0.6 is 0 Å². The molecular formula is C109H192O2Si3. The van der Waals surface area contributed by atoms with E-state index in [1.807, 2.05) is 580 Å². The van der Waals surface area contributed by atoms with Crippen molar-refractivity contribution in [2.75, 3.05) is 14.2 Å². The van der Waals surface area contributed by atoms with Crippen LogP contribution in [0, 0.1) is 5.41 Å². The summed E-state index contributed by atoms with van der Waals surface area (Å²) in [5.74, 6) is 0. The van der Waals surface area contributed by atoms with Gasteiger partial charge >= 0.3 is 0 Å². The lowest BCUT2D eigenvalue weighted by atomic mass is 10.0. The fraction of sp³-hybridized carbons (Fsp3) is 0.394. The summed E-state index contributed by atoms with van der Waals surface area (Å²) < 4.78 is 10.2. The van der Waals surface area contributed by atoms with E-state index in [0.717, 1.165) is 0 Å². The van der Waals surface area contributed by atoms with Gasteiger partial charge in [-0.15, -0.1) is 0 Å². The molecule has 0 fully saturated rings. The average Bonchev–Trinajstić information content (AvgIpc) is 0.914. The SMILES string of the molecule is CC.CC.CC.CC.CC.CC.CC.CC.CC.CC.CC.CC.CC.CC(C)(C)C.COC.C[Si](C)(C)C.C[Si](C)(C)O[Si](C)(C)C.c1ccccc1.c1ccccc1.c1ccccc1.c1ccccc1.c1ccccc1.c1ccccc1.c1ccccc1.c1ccccc1.c1ccccc1.c1ccccc1.c1ccccc1. The molecule has 0 amide bonds. The summed E-state index contributed by atoms with van der Waals surface area (Å²) in [7, 11) is 0.177. The Bertz CT molecular complexity index is 1820. The second-order valence-corrected chi connectivity index (χ2v) is 38.7. The van der Waals surface area contributed by atoms with E-state index in [4.69, 9.17) is 4.12 Å². The van der Waals surface area contributed by atoms with E-state index in [1.165, 1.54) is 0 Å². The molecule has 0 aliphatic carbocycles. The molecule has 0 heterocycles. The van der Waals surface area contributed by atoms with E-state index in [2.05, 4.69) is 97.9 Å². The molecule has 0 N–H and O–H groups in total. The zero-order valence-corrected chi connectivity index (χ0v) is 85.9. The normalized spacial score (nSPS) is 7.63. The summed E-state index contributed by atoms with van der Waals surface area (Å²) in [6.45, 7) is 83.5. The predicted octanol–water partition coefficient (Wildman–Crippen LogP) is 38.8. The van der Waals surface area contributed by atoms with E-state index in [0.29, 0.717) is 5.41 Å². The molecule has 0 aromatic heterocycles. The minimum Gasteiger partial charge on any atom is -0.456 e. The number of methoxy groups -OCH3 is 1. The highest BCUT2D eigenvalue weighted by Crippen LogP contribution is 2.12. The first-order chi connectivity index (χ1) is 55.1. The molecule has 2 nitrogen and oxygen atoms in total. The molecule has 5 heteroatoms. The third kappa shape index (κ3) is 269. The Morgan fingerprint density at radius 2 is 0.158 bits per heavy atom. The van der Waals surface area contributed by atoms with Crippen LogP contribution in [0.25, 0.3) is 0 Å². The molecule has 11 rings (SSSR count). The summed E-state index contributed by atoms with van der Waals surface area (Å²) >= 11 is 0.